The predicted octanol–water partition coefficient (Wildman–Crippen LogP) is 5.28. The lowest BCUT2D eigenvalue weighted by Crippen LogP contribution is -2.22. The van der Waals surface area contributed by atoms with Crippen LogP contribution >= 0.6 is 0 Å². The minimum atomic E-state index is 0.773. The Labute approximate surface area is 160 Å². The molecule has 0 aliphatic rings. The highest BCUT2D eigenvalue weighted by atomic mass is 15.2. The summed E-state index contributed by atoms with van der Waals surface area (Å²) >= 11 is 0. The molecule has 0 aliphatic carbocycles. The summed E-state index contributed by atoms with van der Waals surface area (Å²) in [7, 11) is 2.11. The zero-order valence-corrected chi connectivity index (χ0v) is 15.8. The van der Waals surface area contributed by atoms with Crippen LogP contribution in [0.15, 0.2) is 78.9 Å². The summed E-state index contributed by atoms with van der Waals surface area (Å²) in [6, 6.07) is 27.2. The molecule has 1 aromatic heterocycles. The molecule has 1 heterocycles. The summed E-state index contributed by atoms with van der Waals surface area (Å²) < 4.78 is 0. The maximum absolute atomic E-state index is 4.93. The third-order valence-electron chi connectivity index (χ3n) is 4.83. The highest BCUT2D eigenvalue weighted by Gasteiger charge is 2.12. The maximum Gasteiger partial charge on any atom is 0.162 e. The normalized spacial score (nSPS) is 10.9. The number of rotatable bonds is 5. The third-order valence-corrected chi connectivity index (χ3v) is 4.83. The SMILES string of the molecule is Cc1ccc(-c2nc(N(C)CCc3ccccc3)c3ccccc3n2)cc1. The molecule has 4 rings (SSSR count). The van der Waals surface area contributed by atoms with Crippen LogP contribution in [0.5, 0.6) is 0 Å². The number of hydrogen-bond acceptors (Lipinski definition) is 3. The smallest absolute Gasteiger partial charge is 0.162 e. The van der Waals surface area contributed by atoms with Crippen LogP contribution in [0.1, 0.15) is 11.1 Å². The van der Waals surface area contributed by atoms with E-state index in [2.05, 4.69) is 85.6 Å². The molecule has 3 heteroatoms. The summed E-state index contributed by atoms with van der Waals surface area (Å²) in [6.07, 6.45) is 0.982. The zero-order chi connectivity index (χ0) is 18.6. The average molecular weight is 353 g/mol. The fourth-order valence-electron chi connectivity index (χ4n) is 3.23. The van der Waals surface area contributed by atoms with Gasteiger partial charge in [-0.25, -0.2) is 9.97 Å². The van der Waals surface area contributed by atoms with Crippen molar-refractivity contribution in [3.63, 3.8) is 0 Å². The van der Waals surface area contributed by atoms with E-state index in [1.807, 2.05) is 12.1 Å². The number of para-hydroxylation sites is 1. The Bertz CT molecular complexity index is 1040. The lowest BCUT2D eigenvalue weighted by atomic mass is 10.1. The van der Waals surface area contributed by atoms with E-state index in [1.165, 1.54) is 11.1 Å². The van der Waals surface area contributed by atoms with E-state index in [4.69, 9.17) is 9.97 Å². The standard InChI is InChI=1S/C24H23N3/c1-18-12-14-20(15-13-18)23-25-22-11-7-6-10-21(22)24(26-23)27(2)17-16-19-8-4-3-5-9-19/h3-15H,16-17H2,1-2H3. The topological polar surface area (TPSA) is 29.0 Å². The predicted molar refractivity (Wildman–Crippen MR) is 113 cm³/mol. The number of fused-ring (bicyclic) bond motifs is 1. The van der Waals surface area contributed by atoms with Crippen LogP contribution in [0.2, 0.25) is 0 Å². The van der Waals surface area contributed by atoms with Crippen molar-refractivity contribution >= 4 is 16.7 Å². The lowest BCUT2D eigenvalue weighted by Gasteiger charge is -2.21. The highest BCUT2D eigenvalue weighted by Crippen LogP contribution is 2.27. The molecule has 0 saturated carbocycles. The first-order chi connectivity index (χ1) is 13.2. The van der Waals surface area contributed by atoms with Gasteiger partial charge >= 0.3 is 0 Å². The molecule has 0 radical (unpaired) electrons. The van der Waals surface area contributed by atoms with Gasteiger partial charge in [-0.2, -0.15) is 0 Å². The van der Waals surface area contributed by atoms with Crippen LogP contribution in [0.25, 0.3) is 22.3 Å². The van der Waals surface area contributed by atoms with Crippen LogP contribution in [0.3, 0.4) is 0 Å². The summed E-state index contributed by atoms with van der Waals surface area (Å²) in [4.78, 5) is 12.0. The average Bonchev–Trinajstić information content (AvgIpc) is 2.72. The molecular weight excluding hydrogens is 330 g/mol. The van der Waals surface area contributed by atoms with Gasteiger partial charge in [0, 0.05) is 24.5 Å². The van der Waals surface area contributed by atoms with Gasteiger partial charge in [0.2, 0.25) is 0 Å². The number of anilines is 1. The van der Waals surface area contributed by atoms with Crippen LogP contribution in [-0.4, -0.2) is 23.6 Å². The van der Waals surface area contributed by atoms with Crippen molar-refractivity contribution in [2.75, 3.05) is 18.5 Å². The second kappa shape index (κ2) is 7.58. The van der Waals surface area contributed by atoms with Crippen LogP contribution in [0.4, 0.5) is 5.82 Å². The molecule has 0 N–H and O–H groups in total. The Hall–Kier alpha value is -3.20. The van der Waals surface area contributed by atoms with E-state index >= 15 is 0 Å². The van der Waals surface area contributed by atoms with Crippen molar-refractivity contribution in [1.82, 2.24) is 9.97 Å². The molecule has 0 fully saturated rings. The first-order valence-electron chi connectivity index (χ1n) is 9.29. The maximum atomic E-state index is 4.93. The van der Waals surface area contributed by atoms with E-state index < -0.39 is 0 Å². The Morgan fingerprint density at radius 2 is 1.48 bits per heavy atom. The zero-order valence-electron chi connectivity index (χ0n) is 15.8. The van der Waals surface area contributed by atoms with Gasteiger partial charge in [-0.3, -0.25) is 0 Å². The minimum Gasteiger partial charge on any atom is -0.359 e. The van der Waals surface area contributed by atoms with Gasteiger partial charge in [0.05, 0.1) is 5.52 Å². The first kappa shape index (κ1) is 17.2. The fraction of sp³-hybridized carbons (Fsp3) is 0.167. The highest BCUT2D eigenvalue weighted by molar-refractivity contribution is 5.91. The quantitative estimate of drug-likeness (QED) is 0.488. The number of aromatic nitrogens is 2. The molecular formula is C24H23N3. The minimum absolute atomic E-state index is 0.773. The molecule has 0 spiro atoms. The Kier molecular flexibility index (Phi) is 4.84. The molecule has 0 saturated heterocycles. The van der Waals surface area contributed by atoms with Gasteiger partial charge in [-0.15, -0.1) is 0 Å². The first-order valence-corrected chi connectivity index (χ1v) is 9.29. The largest absolute Gasteiger partial charge is 0.359 e. The van der Waals surface area contributed by atoms with Crippen LogP contribution < -0.4 is 4.90 Å². The lowest BCUT2D eigenvalue weighted by molar-refractivity contribution is 0.863. The number of likely N-dealkylation sites (N-methyl/N-ethyl adjacent to an activating group) is 1. The van der Waals surface area contributed by atoms with E-state index in [1.54, 1.807) is 0 Å². The molecule has 3 nitrogen and oxygen atoms in total. The fourth-order valence-corrected chi connectivity index (χ4v) is 3.23. The Morgan fingerprint density at radius 3 is 2.26 bits per heavy atom. The van der Waals surface area contributed by atoms with Gasteiger partial charge in [-0.1, -0.05) is 72.3 Å². The molecule has 4 aromatic rings. The van der Waals surface area contributed by atoms with Gasteiger partial charge in [0.25, 0.3) is 0 Å². The molecule has 27 heavy (non-hydrogen) atoms. The van der Waals surface area contributed by atoms with Gasteiger partial charge < -0.3 is 4.90 Å². The van der Waals surface area contributed by atoms with Crippen molar-refractivity contribution in [1.29, 1.82) is 0 Å². The van der Waals surface area contributed by atoms with Gasteiger partial charge in [0.1, 0.15) is 5.82 Å². The molecule has 134 valence electrons. The number of aryl methyl sites for hydroxylation is 1. The molecule has 0 amide bonds. The monoisotopic (exact) mass is 353 g/mol. The molecule has 3 aromatic carbocycles. The Balaban J connectivity index is 1.70. The van der Waals surface area contributed by atoms with Crippen molar-refractivity contribution in [3.8, 4) is 11.4 Å². The van der Waals surface area contributed by atoms with Gasteiger partial charge in [-0.05, 0) is 31.0 Å². The molecule has 0 atom stereocenters. The van der Waals surface area contributed by atoms with E-state index in [0.717, 1.165) is 41.1 Å². The molecule has 0 bridgehead atoms. The molecule has 0 aliphatic heterocycles. The van der Waals surface area contributed by atoms with Crippen LogP contribution in [0, 0.1) is 6.92 Å². The molecule has 0 unspecified atom stereocenters. The second-order valence-electron chi connectivity index (χ2n) is 6.91. The van der Waals surface area contributed by atoms with E-state index in [9.17, 15) is 0 Å². The summed E-state index contributed by atoms with van der Waals surface area (Å²) in [5, 5.41) is 1.09. The van der Waals surface area contributed by atoms with Crippen molar-refractivity contribution in [2.24, 2.45) is 0 Å². The summed E-state index contributed by atoms with van der Waals surface area (Å²) in [5.41, 5.74) is 4.59. The van der Waals surface area contributed by atoms with Crippen molar-refractivity contribution in [3.05, 3.63) is 90.0 Å². The van der Waals surface area contributed by atoms with Crippen LogP contribution in [-0.2, 0) is 6.42 Å². The third kappa shape index (κ3) is 3.82. The van der Waals surface area contributed by atoms with Gasteiger partial charge in [0.15, 0.2) is 5.82 Å². The number of hydrogen-bond donors (Lipinski definition) is 0. The number of benzene rings is 3. The summed E-state index contributed by atoms with van der Waals surface area (Å²) in [5.74, 6) is 1.75. The summed E-state index contributed by atoms with van der Waals surface area (Å²) in [6.45, 7) is 2.99. The van der Waals surface area contributed by atoms with E-state index in [-0.39, 0.29) is 0 Å². The van der Waals surface area contributed by atoms with Crippen molar-refractivity contribution in [2.45, 2.75) is 13.3 Å². The van der Waals surface area contributed by atoms with Crippen molar-refractivity contribution < 1.29 is 0 Å². The van der Waals surface area contributed by atoms with E-state index in [0.29, 0.717) is 0 Å². The second-order valence-corrected chi connectivity index (χ2v) is 6.91. The number of nitrogens with zero attached hydrogens (tertiary/aromatic N) is 3. The Morgan fingerprint density at radius 1 is 0.778 bits per heavy atom.